The molecule has 0 spiro atoms. The summed E-state index contributed by atoms with van der Waals surface area (Å²) in [6.45, 7) is 9.36. The van der Waals surface area contributed by atoms with E-state index in [9.17, 15) is 0 Å². The van der Waals surface area contributed by atoms with Crippen molar-refractivity contribution in [3.8, 4) is 0 Å². The van der Waals surface area contributed by atoms with E-state index in [4.69, 9.17) is 9.63 Å². The van der Waals surface area contributed by atoms with Gasteiger partial charge in [0, 0.05) is 18.6 Å². The van der Waals surface area contributed by atoms with Gasteiger partial charge in [-0.15, -0.1) is 0 Å². The Labute approximate surface area is 115 Å². The number of aromatic nitrogens is 2. The number of aliphatic hydroxyl groups excluding tert-OH is 1. The summed E-state index contributed by atoms with van der Waals surface area (Å²) in [4.78, 5) is 6.83. The first-order chi connectivity index (χ1) is 8.99. The van der Waals surface area contributed by atoms with Gasteiger partial charge in [0.25, 0.3) is 0 Å². The molecule has 2 rings (SSSR count). The second-order valence-corrected chi connectivity index (χ2v) is 6.52. The highest BCUT2D eigenvalue weighted by molar-refractivity contribution is 5.00. The molecule has 2 heterocycles. The van der Waals surface area contributed by atoms with Crippen LogP contribution in [-0.4, -0.2) is 39.8 Å². The molecule has 108 valence electrons. The van der Waals surface area contributed by atoms with Crippen LogP contribution < -0.4 is 0 Å². The Morgan fingerprint density at radius 3 is 2.84 bits per heavy atom. The minimum absolute atomic E-state index is 0.0664. The fourth-order valence-corrected chi connectivity index (χ4v) is 2.53. The molecule has 0 aromatic carbocycles. The van der Waals surface area contributed by atoms with E-state index in [2.05, 4.69) is 35.8 Å². The van der Waals surface area contributed by atoms with Crippen molar-refractivity contribution < 1.29 is 9.63 Å². The second-order valence-electron chi connectivity index (χ2n) is 6.52. The van der Waals surface area contributed by atoms with Crippen LogP contribution in [0, 0.1) is 5.92 Å². The summed E-state index contributed by atoms with van der Waals surface area (Å²) in [5, 5.41) is 13.1. The van der Waals surface area contributed by atoms with Crippen LogP contribution in [0.1, 0.15) is 51.7 Å². The van der Waals surface area contributed by atoms with E-state index in [1.54, 1.807) is 0 Å². The lowest BCUT2D eigenvalue weighted by atomic mass is 9.95. The largest absolute Gasteiger partial charge is 0.396 e. The van der Waals surface area contributed by atoms with Crippen molar-refractivity contribution in [2.45, 2.75) is 52.0 Å². The third-order valence-electron chi connectivity index (χ3n) is 3.64. The predicted octanol–water partition coefficient (Wildman–Crippen LogP) is 1.96. The van der Waals surface area contributed by atoms with Crippen LogP contribution in [0.25, 0.3) is 0 Å². The molecule has 1 N–H and O–H groups in total. The van der Waals surface area contributed by atoms with E-state index in [1.807, 2.05) is 0 Å². The van der Waals surface area contributed by atoms with E-state index < -0.39 is 0 Å². The van der Waals surface area contributed by atoms with Gasteiger partial charge in [-0.3, -0.25) is 4.90 Å². The van der Waals surface area contributed by atoms with Crippen molar-refractivity contribution in [2.75, 3.05) is 19.7 Å². The summed E-state index contributed by atoms with van der Waals surface area (Å²) >= 11 is 0. The molecule has 1 saturated heterocycles. The van der Waals surface area contributed by atoms with Gasteiger partial charge in [-0.1, -0.05) is 25.9 Å². The van der Waals surface area contributed by atoms with Gasteiger partial charge in [-0.25, -0.2) is 0 Å². The average molecular weight is 267 g/mol. The summed E-state index contributed by atoms with van der Waals surface area (Å²) in [5.74, 6) is 2.07. The molecule has 1 aliphatic rings. The van der Waals surface area contributed by atoms with Crippen molar-refractivity contribution in [1.82, 2.24) is 15.0 Å². The Kier molecular flexibility index (Phi) is 4.58. The molecule has 0 radical (unpaired) electrons. The molecule has 0 amide bonds. The summed E-state index contributed by atoms with van der Waals surface area (Å²) in [5.41, 5.74) is -0.0664. The van der Waals surface area contributed by atoms with Gasteiger partial charge in [0.2, 0.25) is 5.89 Å². The SMILES string of the molecule is CC(C)(C)c1noc(CN2CCCC(CCO)C2)n1. The Morgan fingerprint density at radius 1 is 1.42 bits per heavy atom. The lowest BCUT2D eigenvalue weighted by Gasteiger charge is -2.31. The van der Waals surface area contributed by atoms with Gasteiger partial charge in [0.15, 0.2) is 5.82 Å². The number of likely N-dealkylation sites (tertiary alicyclic amines) is 1. The van der Waals surface area contributed by atoms with Gasteiger partial charge < -0.3 is 9.63 Å². The fraction of sp³-hybridized carbons (Fsp3) is 0.857. The zero-order chi connectivity index (χ0) is 13.9. The lowest BCUT2D eigenvalue weighted by Crippen LogP contribution is -2.35. The smallest absolute Gasteiger partial charge is 0.240 e. The standard InChI is InChI=1S/C14H25N3O2/c1-14(2,3)13-15-12(19-16-13)10-17-7-4-5-11(9-17)6-8-18/h11,18H,4-10H2,1-3H3. The summed E-state index contributed by atoms with van der Waals surface area (Å²) in [6, 6.07) is 0. The Morgan fingerprint density at radius 2 is 2.21 bits per heavy atom. The van der Waals surface area contributed by atoms with Gasteiger partial charge in [-0.05, 0) is 31.7 Å². The maximum absolute atomic E-state index is 9.03. The highest BCUT2D eigenvalue weighted by atomic mass is 16.5. The zero-order valence-corrected chi connectivity index (χ0v) is 12.2. The van der Waals surface area contributed by atoms with Crippen molar-refractivity contribution >= 4 is 0 Å². The van der Waals surface area contributed by atoms with Gasteiger partial charge >= 0.3 is 0 Å². The molecular formula is C14H25N3O2. The van der Waals surface area contributed by atoms with Crippen LogP contribution in [0.15, 0.2) is 4.52 Å². The first kappa shape index (κ1) is 14.5. The minimum Gasteiger partial charge on any atom is -0.396 e. The van der Waals surface area contributed by atoms with Gasteiger partial charge in [0.1, 0.15) is 0 Å². The normalized spacial score (nSPS) is 21.8. The molecule has 1 aromatic rings. The van der Waals surface area contributed by atoms with E-state index in [0.29, 0.717) is 11.8 Å². The van der Waals surface area contributed by atoms with Crippen molar-refractivity contribution in [3.05, 3.63) is 11.7 Å². The zero-order valence-electron chi connectivity index (χ0n) is 12.2. The average Bonchev–Trinajstić information content (AvgIpc) is 2.78. The first-order valence-corrected chi connectivity index (χ1v) is 7.15. The summed E-state index contributed by atoms with van der Waals surface area (Å²) < 4.78 is 5.34. The molecule has 0 saturated carbocycles. The number of hydrogen-bond donors (Lipinski definition) is 1. The highest BCUT2D eigenvalue weighted by Gasteiger charge is 2.24. The van der Waals surface area contributed by atoms with Crippen LogP contribution in [-0.2, 0) is 12.0 Å². The molecule has 1 aliphatic heterocycles. The molecule has 1 fully saturated rings. The van der Waals surface area contributed by atoms with Gasteiger partial charge in [0.05, 0.1) is 6.54 Å². The van der Waals surface area contributed by atoms with Gasteiger partial charge in [-0.2, -0.15) is 4.98 Å². The number of piperidine rings is 1. The van der Waals surface area contributed by atoms with Crippen LogP contribution in [0.2, 0.25) is 0 Å². The van der Waals surface area contributed by atoms with Crippen LogP contribution in [0.5, 0.6) is 0 Å². The predicted molar refractivity (Wildman–Crippen MR) is 72.7 cm³/mol. The molecule has 5 nitrogen and oxygen atoms in total. The summed E-state index contributed by atoms with van der Waals surface area (Å²) in [6.07, 6.45) is 3.30. The molecule has 0 aliphatic carbocycles. The third-order valence-corrected chi connectivity index (χ3v) is 3.64. The third kappa shape index (κ3) is 4.01. The number of hydrogen-bond acceptors (Lipinski definition) is 5. The maximum Gasteiger partial charge on any atom is 0.240 e. The molecule has 1 atom stereocenters. The van der Waals surface area contributed by atoms with Crippen LogP contribution >= 0.6 is 0 Å². The molecule has 1 aromatic heterocycles. The summed E-state index contributed by atoms with van der Waals surface area (Å²) in [7, 11) is 0. The highest BCUT2D eigenvalue weighted by Crippen LogP contribution is 2.22. The number of nitrogens with zero attached hydrogens (tertiary/aromatic N) is 3. The maximum atomic E-state index is 9.03. The molecule has 5 heteroatoms. The quantitative estimate of drug-likeness (QED) is 0.903. The topological polar surface area (TPSA) is 62.4 Å². The second kappa shape index (κ2) is 6.01. The van der Waals surface area contributed by atoms with Crippen molar-refractivity contribution in [2.24, 2.45) is 5.92 Å². The monoisotopic (exact) mass is 267 g/mol. The molecule has 0 bridgehead atoms. The number of aliphatic hydroxyl groups is 1. The van der Waals surface area contributed by atoms with E-state index in [-0.39, 0.29) is 12.0 Å². The molecule has 19 heavy (non-hydrogen) atoms. The fourth-order valence-electron chi connectivity index (χ4n) is 2.53. The number of rotatable bonds is 4. The molecular weight excluding hydrogens is 242 g/mol. The van der Waals surface area contributed by atoms with Crippen molar-refractivity contribution in [3.63, 3.8) is 0 Å². The Hall–Kier alpha value is -0.940. The van der Waals surface area contributed by atoms with E-state index in [1.165, 1.54) is 12.8 Å². The van der Waals surface area contributed by atoms with Crippen molar-refractivity contribution in [1.29, 1.82) is 0 Å². The Balaban J connectivity index is 1.92. The van der Waals surface area contributed by atoms with E-state index >= 15 is 0 Å². The first-order valence-electron chi connectivity index (χ1n) is 7.15. The minimum atomic E-state index is -0.0664. The Bertz CT molecular complexity index is 396. The lowest BCUT2D eigenvalue weighted by molar-refractivity contribution is 0.130. The van der Waals surface area contributed by atoms with Crippen LogP contribution in [0.4, 0.5) is 0 Å². The van der Waals surface area contributed by atoms with Crippen LogP contribution in [0.3, 0.4) is 0 Å². The van der Waals surface area contributed by atoms with E-state index in [0.717, 1.165) is 31.9 Å². The molecule has 1 unspecified atom stereocenters.